The van der Waals surface area contributed by atoms with Gasteiger partial charge >= 0.3 is 78.4 Å². The van der Waals surface area contributed by atoms with Crippen molar-refractivity contribution in [2.24, 2.45) is 0 Å². The van der Waals surface area contributed by atoms with Crippen molar-refractivity contribution < 1.29 is 11.8 Å². The number of hydrogen-bond donors (Lipinski definition) is 1. The zero-order valence-corrected chi connectivity index (χ0v) is 9.33. The monoisotopic (exact) mass is 242 g/mol. The molecule has 1 atom stereocenters. The van der Waals surface area contributed by atoms with Crippen molar-refractivity contribution in [1.29, 1.82) is 0 Å². The van der Waals surface area contributed by atoms with Gasteiger partial charge in [-0.25, -0.2) is 0 Å². The predicted molar refractivity (Wildman–Crippen MR) is 48.0 cm³/mol. The van der Waals surface area contributed by atoms with E-state index in [2.05, 4.69) is 10.7 Å². The van der Waals surface area contributed by atoms with Gasteiger partial charge in [0.2, 0.25) is 0 Å². The Morgan fingerprint density at radius 1 is 1.17 bits per heavy atom. The van der Waals surface area contributed by atoms with Crippen LogP contribution in [-0.2, 0) is 7.65 Å². The molecule has 12 heavy (non-hydrogen) atoms. The normalized spacial score (nSPS) is 13.2. The van der Waals surface area contributed by atoms with Crippen LogP contribution in [0.5, 0.6) is 0 Å². The molecule has 0 aliphatic carbocycles. The molecule has 0 saturated carbocycles. The molecule has 0 aliphatic rings. The molecule has 3 nitrogen and oxygen atoms in total. The fourth-order valence-corrected chi connectivity index (χ4v) is 1.56. The molecule has 0 fully saturated rings. The number of hydrogen-bond acceptors (Lipinski definition) is 2. The van der Waals surface area contributed by atoms with Gasteiger partial charge in [0, 0.05) is 0 Å². The third kappa shape index (κ3) is 10.2. The quantitative estimate of drug-likeness (QED) is 0.520. The summed E-state index contributed by atoms with van der Waals surface area (Å²) in [7, 11) is 0. The van der Waals surface area contributed by atoms with Crippen LogP contribution in [0.2, 0.25) is 0 Å². The van der Waals surface area contributed by atoms with Crippen LogP contribution in [0.25, 0.3) is 0 Å². The van der Waals surface area contributed by atoms with E-state index in [1.807, 2.05) is 0 Å². The van der Waals surface area contributed by atoms with E-state index in [0.29, 0.717) is 6.61 Å². The van der Waals surface area contributed by atoms with Crippen molar-refractivity contribution in [1.82, 2.24) is 0 Å². The van der Waals surface area contributed by atoms with E-state index in [9.17, 15) is 3.83 Å². The van der Waals surface area contributed by atoms with Crippen LogP contribution in [0.3, 0.4) is 0 Å². The molecule has 0 radical (unpaired) electrons. The fourth-order valence-electron chi connectivity index (χ4n) is 1.01. The van der Waals surface area contributed by atoms with Crippen LogP contribution >= 0.6 is 0 Å². The predicted octanol–water partition coefficient (Wildman–Crippen LogP) is 1.77. The van der Waals surface area contributed by atoms with Crippen molar-refractivity contribution in [3.63, 3.8) is 0 Å². The summed E-state index contributed by atoms with van der Waals surface area (Å²) in [4.78, 5) is 0. The van der Waals surface area contributed by atoms with Gasteiger partial charge in [-0.15, -0.1) is 0 Å². The van der Waals surface area contributed by atoms with E-state index >= 15 is 0 Å². The maximum absolute atomic E-state index is 10.1. The van der Waals surface area contributed by atoms with E-state index in [1.165, 1.54) is 25.7 Å². The molecule has 0 aromatic heterocycles. The van der Waals surface area contributed by atoms with E-state index in [-0.39, 0.29) is 0 Å². The molecular formula is C8H18O3Se. The molecule has 4 heteroatoms. The molecule has 0 heterocycles. The van der Waals surface area contributed by atoms with Crippen LogP contribution in [0.15, 0.2) is 0 Å². The summed E-state index contributed by atoms with van der Waals surface area (Å²) in [5.74, 6) is 0. The van der Waals surface area contributed by atoms with Crippen LogP contribution in [0.4, 0.5) is 0 Å². The minimum absolute atomic E-state index is 0.441. The minimum atomic E-state index is -2.87. The Morgan fingerprint density at radius 2 is 1.75 bits per heavy atom. The van der Waals surface area contributed by atoms with Crippen molar-refractivity contribution in [2.45, 2.75) is 45.4 Å². The molecule has 74 valence electrons. The molecule has 0 spiro atoms. The van der Waals surface area contributed by atoms with E-state index in [1.54, 1.807) is 0 Å². The van der Waals surface area contributed by atoms with Gasteiger partial charge in [0.15, 0.2) is 0 Å². The summed E-state index contributed by atoms with van der Waals surface area (Å²) in [6, 6.07) is 0. The summed E-state index contributed by atoms with van der Waals surface area (Å²) in [6.45, 7) is 2.62. The average molecular weight is 241 g/mol. The van der Waals surface area contributed by atoms with Crippen molar-refractivity contribution in [3.8, 4) is 0 Å². The molecule has 0 aliphatic heterocycles. The van der Waals surface area contributed by atoms with E-state index in [4.69, 9.17) is 4.19 Å². The summed E-state index contributed by atoms with van der Waals surface area (Å²) in [6.07, 6.45) is 7.05. The summed E-state index contributed by atoms with van der Waals surface area (Å²) in [5, 5.41) is 0. The molecule has 1 unspecified atom stereocenters. The first kappa shape index (κ1) is 12.2. The van der Waals surface area contributed by atoms with E-state index < -0.39 is 14.5 Å². The molecule has 1 N–H and O–H groups in total. The van der Waals surface area contributed by atoms with Gasteiger partial charge < -0.3 is 0 Å². The topological polar surface area (TPSA) is 46.5 Å². The van der Waals surface area contributed by atoms with Crippen molar-refractivity contribution in [2.75, 3.05) is 6.61 Å². The van der Waals surface area contributed by atoms with Gasteiger partial charge in [-0.3, -0.25) is 0 Å². The summed E-state index contributed by atoms with van der Waals surface area (Å²) < 4.78 is 23.0. The Hall–Kier alpha value is 0.239. The van der Waals surface area contributed by atoms with Gasteiger partial charge in [0.05, 0.1) is 0 Å². The first-order chi connectivity index (χ1) is 5.77. The zero-order valence-electron chi connectivity index (χ0n) is 7.62. The Balaban J connectivity index is 2.86. The fraction of sp³-hybridized carbons (Fsp3) is 1.00. The van der Waals surface area contributed by atoms with Crippen molar-refractivity contribution >= 4 is 14.5 Å². The summed E-state index contributed by atoms with van der Waals surface area (Å²) >= 11 is -2.87. The van der Waals surface area contributed by atoms with Crippen molar-refractivity contribution in [3.05, 3.63) is 0 Å². The van der Waals surface area contributed by atoms with Crippen LogP contribution < -0.4 is 0 Å². The third-order valence-electron chi connectivity index (χ3n) is 1.68. The second-order valence-electron chi connectivity index (χ2n) is 2.81. The molecule has 0 amide bonds. The second kappa shape index (κ2) is 9.33. The zero-order chi connectivity index (χ0) is 9.23. The van der Waals surface area contributed by atoms with Gasteiger partial charge in [-0.1, -0.05) is 0 Å². The Labute approximate surface area is 78.9 Å². The molecule has 0 aromatic rings. The van der Waals surface area contributed by atoms with Crippen LogP contribution in [0.1, 0.15) is 45.4 Å². The standard InChI is InChI=1S/C8H18O3Se/c1-2-3-4-5-6-7-8-11-12(9)10/h2-8H2,1H3,(H,9,10). The molecule has 0 aromatic carbocycles. The average Bonchev–Trinajstić information content (AvgIpc) is 2.02. The second-order valence-corrected chi connectivity index (χ2v) is 4.21. The Morgan fingerprint density at radius 3 is 2.33 bits per heavy atom. The molecule has 0 saturated heterocycles. The first-order valence-electron chi connectivity index (χ1n) is 4.51. The third-order valence-corrected chi connectivity index (χ3v) is 2.45. The van der Waals surface area contributed by atoms with E-state index in [0.717, 1.165) is 12.8 Å². The van der Waals surface area contributed by atoms with Crippen LogP contribution in [-0.4, -0.2) is 25.3 Å². The van der Waals surface area contributed by atoms with Gasteiger partial charge in [0.25, 0.3) is 0 Å². The number of rotatable bonds is 8. The molecule has 0 bridgehead atoms. The molecular weight excluding hydrogens is 223 g/mol. The van der Waals surface area contributed by atoms with Gasteiger partial charge in [-0.05, 0) is 0 Å². The Bertz CT molecular complexity index is 117. The first-order valence-corrected chi connectivity index (χ1v) is 6.68. The Kier molecular flexibility index (Phi) is 9.51. The SMILES string of the molecule is CCCCCCCCO[Se](=O)O. The maximum atomic E-state index is 10.1. The molecule has 0 rings (SSSR count). The summed E-state index contributed by atoms with van der Waals surface area (Å²) in [5.41, 5.74) is 0. The van der Waals surface area contributed by atoms with Crippen LogP contribution in [0, 0.1) is 0 Å². The number of unbranched alkanes of at least 4 members (excludes halogenated alkanes) is 5. The van der Waals surface area contributed by atoms with Gasteiger partial charge in [-0.2, -0.15) is 0 Å². The van der Waals surface area contributed by atoms with Gasteiger partial charge in [0.1, 0.15) is 0 Å².